The number of pyridine rings is 1. The van der Waals surface area contributed by atoms with Crippen LogP contribution >= 0.6 is 11.8 Å². The van der Waals surface area contributed by atoms with Crippen molar-refractivity contribution in [3.63, 3.8) is 0 Å². The molecule has 0 amide bonds. The van der Waals surface area contributed by atoms with Gasteiger partial charge in [0.25, 0.3) is 0 Å². The fourth-order valence-corrected chi connectivity index (χ4v) is 2.18. The van der Waals surface area contributed by atoms with Gasteiger partial charge in [-0.1, -0.05) is 29.5 Å². The average molecular weight is 243 g/mol. The predicted molar refractivity (Wildman–Crippen MR) is 69.5 cm³/mol. The molecule has 0 aliphatic carbocycles. The maximum Gasteiger partial charge on any atom is 0.178 e. The first-order valence-corrected chi connectivity index (χ1v) is 6.18. The molecule has 1 aromatic carbocycles. The van der Waals surface area contributed by atoms with Gasteiger partial charge in [0.05, 0.1) is 0 Å². The van der Waals surface area contributed by atoms with Gasteiger partial charge in [-0.3, -0.25) is 9.78 Å². The first kappa shape index (κ1) is 11.9. The minimum atomic E-state index is -0.00288. The first-order valence-electron chi connectivity index (χ1n) is 5.36. The Hall–Kier alpha value is -1.61. The lowest BCUT2D eigenvalue weighted by Crippen LogP contribution is -1.95. The Morgan fingerprint density at radius 3 is 2.24 bits per heavy atom. The van der Waals surface area contributed by atoms with Crippen LogP contribution in [0.1, 0.15) is 23.0 Å². The normalized spacial score (nSPS) is 10.2. The third-order valence-corrected chi connectivity index (χ3v) is 3.34. The quantitative estimate of drug-likeness (QED) is 0.769. The van der Waals surface area contributed by atoms with Gasteiger partial charge in [0.15, 0.2) is 5.78 Å². The minimum Gasteiger partial charge on any atom is -0.293 e. The highest BCUT2D eigenvalue weighted by atomic mass is 32.2. The fraction of sp³-hybridized carbons (Fsp3) is 0.143. The molecular formula is C14H13NOS. The zero-order chi connectivity index (χ0) is 12.3. The summed E-state index contributed by atoms with van der Waals surface area (Å²) < 4.78 is 0. The Morgan fingerprint density at radius 2 is 1.71 bits per heavy atom. The van der Waals surface area contributed by atoms with Crippen LogP contribution in [-0.4, -0.2) is 10.8 Å². The lowest BCUT2D eigenvalue weighted by molar-refractivity contribution is 0.101. The van der Waals surface area contributed by atoms with Gasteiger partial charge in [-0.15, -0.1) is 0 Å². The SMILES string of the molecule is CC(=O)c1ccc(Sc2ccc(C)cc2)cn1. The molecule has 86 valence electrons. The Morgan fingerprint density at radius 1 is 1.06 bits per heavy atom. The van der Waals surface area contributed by atoms with Gasteiger partial charge < -0.3 is 0 Å². The van der Waals surface area contributed by atoms with Crippen LogP contribution in [-0.2, 0) is 0 Å². The molecule has 0 saturated carbocycles. The van der Waals surface area contributed by atoms with E-state index < -0.39 is 0 Å². The number of carbonyl (C=O) groups is 1. The standard InChI is InChI=1S/C14H13NOS/c1-10-3-5-12(6-4-10)17-13-7-8-14(11(2)16)15-9-13/h3-9H,1-2H3. The average Bonchev–Trinajstić information content (AvgIpc) is 2.33. The van der Waals surface area contributed by atoms with Crippen LogP contribution in [0.2, 0.25) is 0 Å². The van der Waals surface area contributed by atoms with Crippen LogP contribution in [0.5, 0.6) is 0 Å². The largest absolute Gasteiger partial charge is 0.293 e. The molecule has 17 heavy (non-hydrogen) atoms. The summed E-state index contributed by atoms with van der Waals surface area (Å²) >= 11 is 1.64. The van der Waals surface area contributed by atoms with E-state index >= 15 is 0 Å². The molecule has 0 spiro atoms. The highest BCUT2D eigenvalue weighted by molar-refractivity contribution is 7.99. The number of nitrogens with zero attached hydrogens (tertiary/aromatic N) is 1. The molecule has 0 unspecified atom stereocenters. The number of hydrogen-bond acceptors (Lipinski definition) is 3. The summed E-state index contributed by atoms with van der Waals surface area (Å²) in [7, 11) is 0. The third-order valence-electron chi connectivity index (χ3n) is 2.35. The van der Waals surface area contributed by atoms with E-state index in [0.29, 0.717) is 5.69 Å². The van der Waals surface area contributed by atoms with Gasteiger partial charge >= 0.3 is 0 Å². The molecule has 2 aromatic rings. The zero-order valence-electron chi connectivity index (χ0n) is 9.81. The highest BCUT2D eigenvalue weighted by Crippen LogP contribution is 2.27. The van der Waals surface area contributed by atoms with Crippen molar-refractivity contribution in [2.45, 2.75) is 23.6 Å². The maximum atomic E-state index is 11.1. The molecule has 0 radical (unpaired) electrons. The zero-order valence-corrected chi connectivity index (χ0v) is 10.6. The molecule has 1 heterocycles. The summed E-state index contributed by atoms with van der Waals surface area (Å²) in [6.07, 6.45) is 1.74. The molecule has 0 aliphatic heterocycles. The molecule has 3 heteroatoms. The smallest absolute Gasteiger partial charge is 0.178 e. The number of carbonyl (C=O) groups excluding carboxylic acids is 1. The van der Waals surface area contributed by atoms with Gasteiger partial charge in [0.1, 0.15) is 5.69 Å². The van der Waals surface area contributed by atoms with Crippen LogP contribution in [0, 0.1) is 6.92 Å². The maximum absolute atomic E-state index is 11.1. The van der Waals surface area contributed by atoms with Crippen LogP contribution in [0.25, 0.3) is 0 Å². The van der Waals surface area contributed by atoms with E-state index in [4.69, 9.17) is 0 Å². The van der Waals surface area contributed by atoms with Crippen molar-refractivity contribution < 1.29 is 4.79 Å². The summed E-state index contributed by atoms with van der Waals surface area (Å²) in [5, 5.41) is 0. The van der Waals surface area contributed by atoms with E-state index in [1.54, 1.807) is 24.0 Å². The van der Waals surface area contributed by atoms with Crippen molar-refractivity contribution in [1.29, 1.82) is 0 Å². The van der Waals surface area contributed by atoms with Crippen molar-refractivity contribution in [2.24, 2.45) is 0 Å². The lowest BCUT2D eigenvalue weighted by atomic mass is 10.2. The van der Waals surface area contributed by atoms with Crippen molar-refractivity contribution in [2.75, 3.05) is 0 Å². The van der Waals surface area contributed by atoms with E-state index in [0.717, 1.165) is 4.90 Å². The third kappa shape index (κ3) is 3.17. The van der Waals surface area contributed by atoms with Crippen LogP contribution in [0.4, 0.5) is 0 Å². The molecule has 0 bridgehead atoms. The molecule has 2 rings (SSSR count). The molecule has 0 aliphatic rings. The predicted octanol–water partition coefficient (Wildman–Crippen LogP) is 3.74. The van der Waals surface area contributed by atoms with E-state index in [1.165, 1.54) is 17.4 Å². The topological polar surface area (TPSA) is 30.0 Å². The Balaban J connectivity index is 2.13. The number of rotatable bonds is 3. The second-order valence-electron chi connectivity index (χ2n) is 3.85. The van der Waals surface area contributed by atoms with Gasteiger partial charge in [-0.05, 0) is 31.2 Å². The van der Waals surface area contributed by atoms with Crippen molar-refractivity contribution in [3.8, 4) is 0 Å². The molecule has 0 saturated heterocycles. The van der Waals surface area contributed by atoms with Crippen molar-refractivity contribution in [3.05, 3.63) is 53.9 Å². The summed E-state index contributed by atoms with van der Waals surface area (Å²) in [5.41, 5.74) is 1.76. The van der Waals surface area contributed by atoms with E-state index in [2.05, 4.69) is 36.2 Å². The molecule has 0 atom stereocenters. The van der Waals surface area contributed by atoms with Gasteiger partial charge in [0, 0.05) is 22.9 Å². The van der Waals surface area contributed by atoms with Crippen molar-refractivity contribution >= 4 is 17.5 Å². The molecule has 2 nitrogen and oxygen atoms in total. The number of aromatic nitrogens is 1. The lowest BCUT2D eigenvalue weighted by Gasteiger charge is -2.02. The van der Waals surface area contributed by atoms with E-state index in [-0.39, 0.29) is 5.78 Å². The van der Waals surface area contributed by atoms with E-state index in [1.807, 2.05) is 6.07 Å². The van der Waals surface area contributed by atoms with Crippen LogP contribution in [0.3, 0.4) is 0 Å². The second-order valence-corrected chi connectivity index (χ2v) is 5.00. The van der Waals surface area contributed by atoms with Crippen LogP contribution < -0.4 is 0 Å². The number of hydrogen-bond donors (Lipinski definition) is 0. The number of Topliss-reactive ketones (excluding diaryl/α,β-unsaturated/α-hetero) is 1. The molecule has 0 N–H and O–H groups in total. The summed E-state index contributed by atoms with van der Waals surface area (Å²) in [4.78, 5) is 17.4. The Kier molecular flexibility index (Phi) is 3.59. The van der Waals surface area contributed by atoms with Crippen molar-refractivity contribution in [1.82, 2.24) is 4.98 Å². The summed E-state index contributed by atoms with van der Waals surface area (Å²) in [5.74, 6) is -0.00288. The van der Waals surface area contributed by atoms with Gasteiger partial charge in [-0.2, -0.15) is 0 Å². The van der Waals surface area contributed by atoms with Gasteiger partial charge in [0.2, 0.25) is 0 Å². The molecular weight excluding hydrogens is 230 g/mol. The minimum absolute atomic E-state index is 0.00288. The summed E-state index contributed by atoms with van der Waals surface area (Å²) in [6, 6.07) is 12.0. The first-order chi connectivity index (χ1) is 8.15. The highest BCUT2D eigenvalue weighted by Gasteiger charge is 2.02. The van der Waals surface area contributed by atoms with E-state index in [9.17, 15) is 4.79 Å². The Labute approximate surface area is 105 Å². The molecule has 1 aromatic heterocycles. The fourth-order valence-electron chi connectivity index (χ4n) is 1.39. The number of ketones is 1. The number of benzene rings is 1. The summed E-state index contributed by atoms with van der Waals surface area (Å²) in [6.45, 7) is 3.59. The number of aryl methyl sites for hydroxylation is 1. The molecule has 0 fully saturated rings. The monoisotopic (exact) mass is 243 g/mol. The second kappa shape index (κ2) is 5.15. The van der Waals surface area contributed by atoms with Gasteiger partial charge in [-0.25, -0.2) is 0 Å². The van der Waals surface area contributed by atoms with Crippen LogP contribution in [0.15, 0.2) is 52.4 Å². The Bertz CT molecular complexity index is 517.